The molecule has 0 radical (unpaired) electrons. The van der Waals surface area contributed by atoms with Gasteiger partial charge >= 0.3 is 5.97 Å². The summed E-state index contributed by atoms with van der Waals surface area (Å²) in [5.74, 6) is 0.439. The van der Waals surface area contributed by atoms with E-state index in [-0.39, 0.29) is 5.97 Å². The summed E-state index contributed by atoms with van der Waals surface area (Å²) in [5.41, 5.74) is 1.48. The second-order valence-corrected chi connectivity index (χ2v) is 4.41. The molecule has 4 heteroatoms. The van der Waals surface area contributed by atoms with Crippen molar-refractivity contribution in [2.24, 2.45) is 0 Å². The fourth-order valence-corrected chi connectivity index (χ4v) is 2.13. The highest BCUT2D eigenvalue weighted by molar-refractivity contribution is 14.1. The molecule has 88 valence electrons. The number of ether oxygens (including phenoxy) is 2. The maximum absolute atomic E-state index is 11.7. The molecule has 0 spiro atoms. The maximum atomic E-state index is 11.7. The normalized spacial score (nSPS) is 10.0. The fourth-order valence-electron chi connectivity index (χ4n) is 1.35. The second-order valence-electron chi connectivity index (χ2n) is 3.25. The van der Waals surface area contributed by atoms with Gasteiger partial charge in [-0.3, -0.25) is 0 Å². The minimum Gasteiger partial charge on any atom is -0.493 e. The molecule has 0 aromatic heterocycles. The Morgan fingerprint density at radius 2 is 2.00 bits per heavy atom. The Balaban J connectivity index is 3.08. The Hall–Kier alpha value is -0.780. The van der Waals surface area contributed by atoms with Gasteiger partial charge < -0.3 is 9.47 Å². The van der Waals surface area contributed by atoms with Crippen molar-refractivity contribution in [2.45, 2.75) is 20.8 Å². The van der Waals surface area contributed by atoms with Gasteiger partial charge in [0, 0.05) is 0 Å². The van der Waals surface area contributed by atoms with Gasteiger partial charge in [-0.25, -0.2) is 4.79 Å². The van der Waals surface area contributed by atoms with E-state index in [2.05, 4.69) is 22.6 Å². The molecule has 0 unspecified atom stereocenters. The lowest BCUT2D eigenvalue weighted by Crippen LogP contribution is -2.08. The first-order valence-corrected chi connectivity index (χ1v) is 6.28. The summed E-state index contributed by atoms with van der Waals surface area (Å²) in [7, 11) is 0. The molecule has 3 nitrogen and oxygen atoms in total. The van der Waals surface area contributed by atoms with Crippen LogP contribution in [0.3, 0.4) is 0 Å². The number of rotatable bonds is 4. The van der Waals surface area contributed by atoms with Crippen LogP contribution in [-0.4, -0.2) is 19.2 Å². The van der Waals surface area contributed by atoms with Crippen LogP contribution < -0.4 is 4.74 Å². The van der Waals surface area contributed by atoms with E-state index in [9.17, 15) is 4.79 Å². The molecule has 0 bridgehead atoms. The minimum atomic E-state index is -0.294. The SMILES string of the molecule is CCOC(=O)c1cc(OCC)c(I)cc1C. The molecule has 1 aromatic rings. The van der Waals surface area contributed by atoms with Crippen LogP contribution in [0.4, 0.5) is 0 Å². The molecule has 0 amide bonds. The average molecular weight is 334 g/mol. The molecule has 0 heterocycles. The van der Waals surface area contributed by atoms with Crippen LogP contribution in [-0.2, 0) is 4.74 Å². The van der Waals surface area contributed by atoms with Crippen molar-refractivity contribution in [3.63, 3.8) is 0 Å². The largest absolute Gasteiger partial charge is 0.493 e. The van der Waals surface area contributed by atoms with Gasteiger partial charge in [-0.1, -0.05) is 0 Å². The van der Waals surface area contributed by atoms with Crippen LogP contribution in [0.15, 0.2) is 12.1 Å². The van der Waals surface area contributed by atoms with Crippen molar-refractivity contribution in [3.05, 3.63) is 26.8 Å². The van der Waals surface area contributed by atoms with Gasteiger partial charge in [0.15, 0.2) is 0 Å². The van der Waals surface area contributed by atoms with Crippen LogP contribution in [0.5, 0.6) is 5.75 Å². The standard InChI is InChI=1S/C12H15IO3/c1-4-15-11-7-9(12(14)16-5-2)8(3)6-10(11)13/h6-7H,4-5H2,1-3H3. The monoisotopic (exact) mass is 334 g/mol. The predicted octanol–water partition coefficient (Wildman–Crippen LogP) is 3.18. The summed E-state index contributed by atoms with van der Waals surface area (Å²) >= 11 is 2.19. The Labute approximate surface area is 109 Å². The number of benzene rings is 1. The zero-order chi connectivity index (χ0) is 12.1. The van der Waals surface area contributed by atoms with Crippen molar-refractivity contribution < 1.29 is 14.3 Å². The summed E-state index contributed by atoms with van der Waals surface area (Å²) in [4.78, 5) is 11.7. The van der Waals surface area contributed by atoms with Gasteiger partial charge in [0.1, 0.15) is 5.75 Å². The zero-order valence-corrected chi connectivity index (χ0v) is 11.8. The van der Waals surface area contributed by atoms with Crippen molar-refractivity contribution in [3.8, 4) is 5.75 Å². The number of carbonyl (C=O) groups is 1. The molecule has 1 aromatic carbocycles. The number of aryl methyl sites for hydroxylation is 1. The first-order valence-electron chi connectivity index (χ1n) is 5.20. The maximum Gasteiger partial charge on any atom is 0.338 e. The number of hydrogen-bond acceptors (Lipinski definition) is 3. The highest BCUT2D eigenvalue weighted by Crippen LogP contribution is 2.25. The van der Waals surface area contributed by atoms with Crippen molar-refractivity contribution in [2.75, 3.05) is 13.2 Å². The van der Waals surface area contributed by atoms with Crippen LogP contribution in [0.1, 0.15) is 29.8 Å². The summed E-state index contributed by atoms with van der Waals surface area (Å²) in [6, 6.07) is 3.68. The molecule has 0 aliphatic rings. The van der Waals surface area contributed by atoms with Crippen LogP contribution >= 0.6 is 22.6 Å². The smallest absolute Gasteiger partial charge is 0.338 e. The van der Waals surface area contributed by atoms with Crippen LogP contribution in [0.25, 0.3) is 0 Å². The van der Waals surface area contributed by atoms with Crippen LogP contribution in [0.2, 0.25) is 0 Å². The van der Waals surface area contributed by atoms with E-state index in [1.165, 1.54) is 0 Å². The van der Waals surface area contributed by atoms with Gasteiger partial charge in [-0.05, 0) is 61.1 Å². The predicted molar refractivity (Wildman–Crippen MR) is 71.0 cm³/mol. The van der Waals surface area contributed by atoms with E-state index in [0.717, 1.165) is 14.9 Å². The Kier molecular flexibility index (Phi) is 5.05. The number of halogens is 1. The number of esters is 1. The van der Waals surface area contributed by atoms with Gasteiger partial charge in [0.2, 0.25) is 0 Å². The Morgan fingerprint density at radius 1 is 1.31 bits per heavy atom. The molecule has 0 aliphatic carbocycles. The summed E-state index contributed by atoms with van der Waals surface area (Å²) in [5, 5.41) is 0. The van der Waals surface area contributed by atoms with Gasteiger partial charge in [-0.15, -0.1) is 0 Å². The average Bonchev–Trinajstić information content (AvgIpc) is 2.22. The highest BCUT2D eigenvalue weighted by Gasteiger charge is 2.13. The van der Waals surface area contributed by atoms with E-state index in [1.54, 1.807) is 13.0 Å². The van der Waals surface area contributed by atoms with Gasteiger partial charge in [-0.2, -0.15) is 0 Å². The number of carbonyl (C=O) groups excluding carboxylic acids is 1. The summed E-state index contributed by atoms with van der Waals surface area (Å²) in [6.45, 7) is 6.57. The van der Waals surface area contributed by atoms with Crippen LogP contribution in [0, 0.1) is 10.5 Å². The lowest BCUT2D eigenvalue weighted by molar-refractivity contribution is 0.0525. The molecule has 0 saturated heterocycles. The molecule has 16 heavy (non-hydrogen) atoms. The topological polar surface area (TPSA) is 35.5 Å². The fraction of sp³-hybridized carbons (Fsp3) is 0.417. The zero-order valence-electron chi connectivity index (χ0n) is 9.67. The lowest BCUT2D eigenvalue weighted by Gasteiger charge is -2.10. The molecular weight excluding hydrogens is 319 g/mol. The van der Waals surface area contributed by atoms with Gasteiger partial charge in [0.05, 0.1) is 22.3 Å². The Bertz CT molecular complexity index is 388. The molecule has 1 rings (SSSR count). The van der Waals surface area contributed by atoms with E-state index < -0.39 is 0 Å². The summed E-state index contributed by atoms with van der Waals surface area (Å²) in [6.07, 6.45) is 0. The van der Waals surface area contributed by atoms with Crippen molar-refractivity contribution in [1.29, 1.82) is 0 Å². The molecule has 0 atom stereocenters. The third-order valence-electron chi connectivity index (χ3n) is 2.07. The van der Waals surface area contributed by atoms with E-state index in [1.807, 2.05) is 19.9 Å². The molecular formula is C12H15IO3. The molecule has 0 saturated carbocycles. The Morgan fingerprint density at radius 3 is 2.56 bits per heavy atom. The van der Waals surface area contributed by atoms with E-state index in [0.29, 0.717) is 18.8 Å². The molecule has 0 aliphatic heterocycles. The first-order chi connectivity index (χ1) is 7.60. The quantitative estimate of drug-likeness (QED) is 0.627. The first kappa shape index (κ1) is 13.3. The summed E-state index contributed by atoms with van der Waals surface area (Å²) < 4.78 is 11.4. The third-order valence-corrected chi connectivity index (χ3v) is 2.92. The number of hydrogen-bond donors (Lipinski definition) is 0. The van der Waals surface area contributed by atoms with E-state index >= 15 is 0 Å². The lowest BCUT2D eigenvalue weighted by atomic mass is 10.1. The van der Waals surface area contributed by atoms with Gasteiger partial charge in [0.25, 0.3) is 0 Å². The molecule has 0 fully saturated rings. The van der Waals surface area contributed by atoms with Crippen molar-refractivity contribution >= 4 is 28.6 Å². The third kappa shape index (κ3) is 3.10. The second kappa shape index (κ2) is 6.08. The molecule has 0 N–H and O–H groups in total. The van der Waals surface area contributed by atoms with Crippen molar-refractivity contribution in [1.82, 2.24) is 0 Å². The van der Waals surface area contributed by atoms with E-state index in [4.69, 9.17) is 9.47 Å². The minimum absolute atomic E-state index is 0.294. The highest BCUT2D eigenvalue weighted by atomic mass is 127.